The monoisotopic (exact) mass is 455 g/mol. The molecule has 3 aliphatic rings. The minimum absolute atomic E-state index is 0.103. The van der Waals surface area contributed by atoms with Crippen molar-refractivity contribution in [3.63, 3.8) is 0 Å². The molecular formula is C19H23F2N5O4S. The van der Waals surface area contributed by atoms with E-state index in [1.54, 1.807) is 11.1 Å². The van der Waals surface area contributed by atoms with E-state index in [4.69, 9.17) is 4.74 Å². The van der Waals surface area contributed by atoms with Crippen molar-refractivity contribution >= 4 is 28.1 Å². The number of benzene rings is 1. The van der Waals surface area contributed by atoms with Gasteiger partial charge in [0.2, 0.25) is 0 Å². The van der Waals surface area contributed by atoms with E-state index in [-0.39, 0.29) is 23.3 Å². The third-order valence-corrected chi connectivity index (χ3v) is 8.41. The molecule has 0 bridgehead atoms. The Kier molecular flexibility index (Phi) is 4.83. The Hall–Kier alpha value is -2.44. The third kappa shape index (κ3) is 3.83. The molecule has 1 aromatic carbocycles. The van der Waals surface area contributed by atoms with Crippen molar-refractivity contribution in [3.05, 3.63) is 36.2 Å². The lowest BCUT2D eigenvalue weighted by atomic mass is 9.81. The first-order valence-corrected chi connectivity index (χ1v) is 11.9. The first kappa shape index (κ1) is 20.5. The van der Waals surface area contributed by atoms with Crippen LogP contribution in [0.3, 0.4) is 0 Å². The minimum Gasteiger partial charge on any atom is -0.442 e. The van der Waals surface area contributed by atoms with E-state index in [0.29, 0.717) is 44.0 Å². The van der Waals surface area contributed by atoms with E-state index in [1.165, 1.54) is 15.8 Å². The van der Waals surface area contributed by atoms with Crippen molar-refractivity contribution in [2.45, 2.75) is 25.5 Å². The molecule has 12 heteroatoms. The number of hydrogen-bond acceptors (Lipinski definition) is 7. The molecular weight excluding hydrogens is 432 g/mol. The number of aromatic nitrogens is 3. The van der Waals surface area contributed by atoms with Crippen LogP contribution in [0.2, 0.25) is 0 Å². The van der Waals surface area contributed by atoms with Crippen LogP contribution in [0.4, 0.5) is 25.0 Å². The van der Waals surface area contributed by atoms with E-state index < -0.39 is 34.4 Å². The molecule has 5 rings (SSSR count). The number of carbonyl (C=O) groups is 1. The standard InChI is InChI=1S/C19H23F2N5O4S/c20-15-7-13(26-10-14(30-18(26)27)9-25-6-3-22-23-25)8-16(21)17(15)24-4-1-19(2-5-24)11-31(28,29)12-19/h3,6-8,14,28-29H,1-2,4-5,9-12H2. The van der Waals surface area contributed by atoms with Crippen LogP contribution in [0.5, 0.6) is 0 Å². The smallest absolute Gasteiger partial charge is 0.414 e. The quantitative estimate of drug-likeness (QED) is 0.731. The fourth-order valence-corrected chi connectivity index (χ4v) is 7.26. The molecule has 0 saturated carbocycles. The van der Waals surface area contributed by atoms with Gasteiger partial charge in [-0.05, 0) is 12.8 Å². The lowest BCUT2D eigenvalue weighted by Gasteiger charge is -2.58. The molecule has 4 heterocycles. The normalized spacial score (nSPS) is 25.4. The fraction of sp³-hybridized carbons (Fsp3) is 0.526. The summed E-state index contributed by atoms with van der Waals surface area (Å²) < 4.78 is 56.1. The molecule has 1 amide bonds. The highest BCUT2D eigenvalue weighted by Gasteiger charge is 2.49. The van der Waals surface area contributed by atoms with Crippen molar-refractivity contribution in [2.24, 2.45) is 5.41 Å². The highest BCUT2D eigenvalue weighted by Crippen LogP contribution is 2.62. The number of ether oxygens (including phenoxy) is 1. The average molecular weight is 455 g/mol. The largest absolute Gasteiger partial charge is 0.442 e. The number of piperidine rings is 1. The summed E-state index contributed by atoms with van der Waals surface area (Å²) in [6, 6.07) is 2.31. The Bertz CT molecular complexity index is 964. The van der Waals surface area contributed by atoms with Gasteiger partial charge < -0.3 is 9.64 Å². The van der Waals surface area contributed by atoms with E-state index in [2.05, 4.69) is 10.3 Å². The zero-order valence-corrected chi connectivity index (χ0v) is 17.5. The summed E-state index contributed by atoms with van der Waals surface area (Å²) in [5.41, 5.74) is -0.136. The molecule has 3 saturated heterocycles. The molecule has 2 aromatic rings. The average Bonchev–Trinajstić information content (AvgIpc) is 3.31. The topological polar surface area (TPSA) is 104 Å². The molecule has 1 aromatic heterocycles. The van der Waals surface area contributed by atoms with E-state index in [1.807, 2.05) is 0 Å². The van der Waals surface area contributed by atoms with E-state index >= 15 is 0 Å². The van der Waals surface area contributed by atoms with E-state index in [0.717, 1.165) is 12.1 Å². The predicted molar refractivity (Wildman–Crippen MR) is 110 cm³/mol. The predicted octanol–water partition coefficient (Wildman–Crippen LogP) is 2.93. The van der Waals surface area contributed by atoms with Crippen molar-refractivity contribution in [1.29, 1.82) is 0 Å². The summed E-state index contributed by atoms with van der Waals surface area (Å²) in [6.45, 7) is 1.32. The Labute approximate surface area is 178 Å². The summed E-state index contributed by atoms with van der Waals surface area (Å²) >= 11 is 0. The summed E-state index contributed by atoms with van der Waals surface area (Å²) in [7, 11) is -2.45. The Morgan fingerprint density at radius 1 is 1.19 bits per heavy atom. The number of hydrogen-bond donors (Lipinski definition) is 2. The highest BCUT2D eigenvalue weighted by molar-refractivity contribution is 8.25. The van der Waals surface area contributed by atoms with Crippen molar-refractivity contribution in [2.75, 3.05) is 40.9 Å². The molecule has 0 radical (unpaired) electrons. The van der Waals surface area contributed by atoms with Crippen LogP contribution in [0.25, 0.3) is 0 Å². The third-order valence-electron chi connectivity index (χ3n) is 6.27. The second-order valence-corrected chi connectivity index (χ2v) is 10.8. The van der Waals surface area contributed by atoms with Crippen LogP contribution in [0.1, 0.15) is 12.8 Å². The van der Waals surface area contributed by atoms with Crippen molar-refractivity contribution in [3.8, 4) is 0 Å². The van der Waals surface area contributed by atoms with Crippen LogP contribution in [0, 0.1) is 17.0 Å². The SMILES string of the molecule is O=C1OC(Cn2ccnn2)CN1c1cc(F)c(N2CCC3(CC2)CS(O)(O)C3)c(F)c1. The molecule has 3 aliphatic heterocycles. The molecule has 1 atom stereocenters. The van der Waals surface area contributed by atoms with Crippen LogP contribution in [0.15, 0.2) is 24.5 Å². The second-order valence-electron chi connectivity index (χ2n) is 8.58. The highest BCUT2D eigenvalue weighted by atomic mass is 32.3. The van der Waals surface area contributed by atoms with Crippen LogP contribution in [-0.4, -0.2) is 67.4 Å². The fourth-order valence-electron chi connectivity index (χ4n) is 4.81. The van der Waals surface area contributed by atoms with Gasteiger partial charge in [-0.25, -0.2) is 18.3 Å². The van der Waals surface area contributed by atoms with Crippen molar-refractivity contribution < 1.29 is 27.4 Å². The maximum atomic E-state index is 14.9. The van der Waals surface area contributed by atoms with Crippen LogP contribution in [-0.2, 0) is 11.3 Å². The number of carbonyl (C=O) groups excluding carboxylic acids is 1. The zero-order valence-electron chi connectivity index (χ0n) is 16.7. The number of anilines is 2. The summed E-state index contributed by atoms with van der Waals surface area (Å²) in [5, 5.41) is 7.52. The first-order chi connectivity index (χ1) is 14.7. The summed E-state index contributed by atoms with van der Waals surface area (Å²) in [5.74, 6) is -0.720. The summed E-state index contributed by atoms with van der Waals surface area (Å²) in [4.78, 5) is 15.1. The van der Waals surface area contributed by atoms with Gasteiger partial charge in [-0.3, -0.25) is 14.0 Å². The molecule has 31 heavy (non-hydrogen) atoms. The number of cyclic esters (lactones) is 1. The number of amides is 1. The minimum atomic E-state index is -2.45. The first-order valence-electron chi connectivity index (χ1n) is 10.0. The van der Waals surface area contributed by atoms with Gasteiger partial charge in [-0.2, -0.15) is 10.6 Å². The second kappa shape index (κ2) is 7.31. The zero-order chi connectivity index (χ0) is 21.8. The summed E-state index contributed by atoms with van der Waals surface area (Å²) in [6.07, 6.45) is 3.29. The number of rotatable bonds is 4. The van der Waals surface area contributed by atoms with Gasteiger partial charge in [0.1, 0.15) is 11.8 Å². The molecule has 1 unspecified atom stereocenters. The maximum absolute atomic E-state index is 14.9. The van der Waals surface area contributed by atoms with Gasteiger partial charge in [0.05, 0.1) is 25.0 Å². The molecule has 3 fully saturated rings. The Balaban J connectivity index is 1.28. The van der Waals surface area contributed by atoms with E-state index in [9.17, 15) is 22.7 Å². The molecule has 168 valence electrons. The number of nitrogens with zero attached hydrogens (tertiary/aromatic N) is 5. The number of halogens is 2. The molecule has 1 spiro atoms. The molecule has 9 nitrogen and oxygen atoms in total. The van der Waals surface area contributed by atoms with Crippen LogP contribution < -0.4 is 9.80 Å². The lowest BCUT2D eigenvalue weighted by Crippen LogP contribution is -2.52. The lowest BCUT2D eigenvalue weighted by molar-refractivity contribution is 0.129. The van der Waals surface area contributed by atoms with Gasteiger partial charge in [-0.1, -0.05) is 5.21 Å². The molecule has 2 N–H and O–H groups in total. The maximum Gasteiger partial charge on any atom is 0.414 e. The van der Waals surface area contributed by atoms with Gasteiger partial charge >= 0.3 is 6.09 Å². The van der Waals surface area contributed by atoms with Gasteiger partial charge in [0, 0.05) is 48.3 Å². The van der Waals surface area contributed by atoms with Crippen molar-refractivity contribution in [1.82, 2.24) is 15.0 Å². The Morgan fingerprint density at radius 2 is 1.87 bits per heavy atom. The van der Waals surface area contributed by atoms with Crippen LogP contribution >= 0.6 is 10.6 Å². The van der Waals surface area contributed by atoms with Gasteiger partial charge in [0.25, 0.3) is 0 Å². The Morgan fingerprint density at radius 3 is 2.45 bits per heavy atom. The molecule has 0 aliphatic carbocycles. The van der Waals surface area contributed by atoms with Gasteiger partial charge in [-0.15, -0.1) is 5.10 Å². The van der Waals surface area contributed by atoms with Gasteiger partial charge in [0.15, 0.2) is 11.6 Å².